The molecule has 1 saturated heterocycles. The van der Waals surface area contributed by atoms with Crippen LogP contribution in [0.1, 0.15) is 25.3 Å². The van der Waals surface area contributed by atoms with Crippen molar-refractivity contribution in [3.63, 3.8) is 0 Å². The molecule has 1 aliphatic rings. The molecule has 1 fully saturated rings. The van der Waals surface area contributed by atoms with Gasteiger partial charge in [0.25, 0.3) is 0 Å². The van der Waals surface area contributed by atoms with Crippen LogP contribution >= 0.6 is 0 Å². The van der Waals surface area contributed by atoms with Crippen molar-refractivity contribution in [2.24, 2.45) is 10.4 Å². The predicted molar refractivity (Wildman–Crippen MR) is 104 cm³/mol. The van der Waals surface area contributed by atoms with Crippen LogP contribution in [0.25, 0.3) is 10.9 Å². The third-order valence-electron chi connectivity index (χ3n) is 4.95. The molecule has 0 bridgehead atoms. The van der Waals surface area contributed by atoms with Gasteiger partial charge in [0.05, 0.1) is 18.7 Å². The van der Waals surface area contributed by atoms with Crippen LogP contribution in [0.3, 0.4) is 0 Å². The van der Waals surface area contributed by atoms with Crippen LogP contribution in [0, 0.1) is 5.41 Å². The first-order chi connectivity index (χ1) is 12.8. The molecule has 1 aliphatic heterocycles. The fraction of sp³-hybridized carbons (Fsp3) is 0.500. The first-order valence-electron chi connectivity index (χ1n) is 9.30. The molecule has 0 saturated carbocycles. The smallest absolute Gasteiger partial charge is 0.191 e. The Bertz CT molecular complexity index is 736. The topological polar surface area (TPSA) is 78.8 Å². The standard InChI is InChI=1S/C20H28N4O2/c1-2-21-19(24-14-20(8-11-25)9-12-26-15-20)23-13-16-7-10-22-18-6-4-3-5-17(16)18/h3-7,10,25H,2,8-9,11-15H2,1H3,(H2,21,23,24). The van der Waals surface area contributed by atoms with Crippen molar-refractivity contribution < 1.29 is 9.84 Å². The molecule has 0 radical (unpaired) electrons. The van der Waals surface area contributed by atoms with E-state index in [0.717, 1.165) is 55.0 Å². The minimum atomic E-state index is -0.00565. The van der Waals surface area contributed by atoms with E-state index in [-0.39, 0.29) is 12.0 Å². The SMILES string of the molecule is CCNC(=NCc1ccnc2ccccc12)NCC1(CCO)CCOC1. The monoisotopic (exact) mass is 356 g/mol. The maximum atomic E-state index is 9.38. The quantitative estimate of drug-likeness (QED) is 0.523. The zero-order chi connectivity index (χ0) is 18.2. The summed E-state index contributed by atoms with van der Waals surface area (Å²) >= 11 is 0. The minimum Gasteiger partial charge on any atom is -0.396 e. The fourth-order valence-electron chi connectivity index (χ4n) is 3.38. The Morgan fingerprint density at radius 2 is 2.19 bits per heavy atom. The summed E-state index contributed by atoms with van der Waals surface area (Å²) in [6.07, 6.45) is 3.54. The maximum Gasteiger partial charge on any atom is 0.191 e. The average molecular weight is 356 g/mol. The molecule has 26 heavy (non-hydrogen) atoms. The normalized spacial score (nSPS) is 20.5. The molecule has 1 aromatic heterocycles. The molecule has 6 nitrogen and oxygen atoms in total. The summed E-state index contributed by atoms with van der Waals surface area (Å²) in [6, 6.07) is 10.1. The second-order valence-corrected chi connectivity index (χ2v) is 6.81. The first kappa shape index (κ1) is 18.6. The van der Waals surface area contributed by atoms with Gasteiger partial charge in [-0.1, -0.05) is 18.2 Å². The number of nitrogens with zero attached hydrogens (tertiary/aromatic N) is 2. The third kappa shape index (κ3) is 4.51. The molecule has 3 rings (SSSR count). The minimum absolute atomic E-state index is 0.00565. The van der Waals surface area contributed by atoms with E-state index in [1.807, 2.05) is 30.5 Å². The number of nitrogens with one attached hydrogen (secondary N) is 2. The molecule has 2 heterocycles. The Labute approximate surface area is 154 Å². The molecule has 6 heteroatoms. The lowest BCUT2D eigenvalue weighted by Gasteiger charge is -2.27. The fourth-order valence-corrected chi connectivity index (χ4v) is 3.38. The largest absolute Gasteiger partial charge is 0.396 e. The molecule has 0 spiro atoms. The number of pyridine rings is 1. The highest BCUT2D eigenvalue weighted by molar-refractivity contribution is 5.83. The van der Waals surface area contributed by atoms with Crippen LogP contribution in [0.2, 0.25) is 0 Å². The zero-order valence-electron chi connectivity index (χ0n) is 15.4. The second kappa shape index (κ2) is 8.96. The Balaban J connectivity index is 1.70. The Kier molecular flexibility index (Phi) is 6.41. The Hall–Kier alpha value is -2.18. The van der Waals surface area contributed by atoms with E-state index in [0.29, 0.717) is 13.2 Å². The molecule has 0 aliphatic carbocycles. The number of para-hydroxylation sites is 1. The van der Waals surface area contributed by atoms with Gasteiger partial charge in [-0.3, -0.25) is 4.98 Å². The molecular weight excluding hydrogens is 328 g/mol. The summed E-state index contributed by atoms with van der Waals surface area (Å²) in [4.78, 5) is 9.16. The Morgan fingerprint density at radius 1 is 1.31 bits per heavy atom. The lowest BCUT2D eigenvalue weighted by molar-refractivity contribution is 0.127. The molecule has 2 aromatic rings. The summed E-state index contributed by atoms with van der Waals surface area (Å²) in [5.41, 5.74) is 2.14. The van der Waals surface area contributed by atoms with Crippen LogP contribution in [-0.4, -0.2) is 49.0 Å². The van der Waals surface area contributed by atoms with Gasteiger partial charge in [0.15, 0.2) is 5.96 Å². The first-order valence-corrected chi connectivity index (χ1v) is 9.30. The molecule has 1 aromatic carbocycles. The molecule has 140 valence electrons. The van der Waals surface area contributed by atoms with Gasteiger partial charge in [-0.15, -0.1) is 0 Å². The lowest BCUT2D eigenvalue weighted by atomic mass is 9.84. The van der Waals surface area contributed by atoms with Gasteiger partial charge < -0.3 is 20.5 Å². The number of rotatable bonds is 7. The van der Waals surface area contributed by atoms with E-state index in [2.05, 4.69) is 28.6 Å². The van der Waals surface area contributed by atoms with Crippen molar-refractivity contribution in [3.05, 3.63) is 42.1 Å². The van der Waals surface area contributed by atoms with Crippen LogP contribution in [0.15, 0.2) is 41.5 Å². The van der Waals surface area contributed by atoms with Crippen LogP contribution in [0.5, 0.6) is 0 Å². The summed E-state index contributed by atoms with van der Waals surface area (Å²) < 4.78 is 5.56. The third-order valence-corrected chi connectivity index (χ3v) is 4.95. The predicted octanol–water partition coefficient (Wildman–Crippen LogP) is 2.08. The maximum absolute atomic E-state index is 9.38. The highest BCUT2D eigenvalue weighted by atomic mass is 16.5. The highest BCUT2D eigenvalue weighted by Gasteiger charge is 2.34. The molecule has 0 amide bonds. The Morgan fingerprint density at radius 3 is 2.96 bits per heavy atom. The van der Waals surface area contributed by atoms with Gasteiger partial charge in [-0.2, -0.15) is 0 Å². The molecule has 1 atom stereocenters. The summed E-state index contributed by atoms with van der Waals surface area (Å²) in [5.74, 6) is 0.789. The van der Waals surface area contributed by atoms with E-state index in [9.17, 15) is 5.11 Å². The van der Waals surface area contributed by atoms with Crippen LogP contribution in [-0.2, 0) is 11.3 Å². The average Bonchev–Trinajstić information content (AvgIpc) is 3.13. The van der Waals surface area contributed by atoms with Crippen molar-refractivity contribution in [2.75, 3.05) is 32.9 Å². The number of guanidine groups is 1. The molecular formula is C20H28N4O2. The number of hydrogen-bond acceptors (Lipinski definition) is 4. The van der Waals surface area contributed by atoms with E-state index in [4.69, 9.17) is 9.73 Å². The second-order valence-electron chi connectivity index (χ2n) is 6.81. The number of fused-ring (bicyclic) bond motifs is 1. The van der Waals surface area contributed by atoms with E-state index in [1.165, 1.54) is 0 Å². The van der Waals surface area contributed by atoms with Crippen molar-refractivity contribution in [1.82, 2.24) is 15.6 Å². The molecule has 1 unspecified atom stereocenters. The highest BCUT2D eigenvalue weighted by Crippen LogP contribution is 2.31. The zero-order valence-corrected chi connectivity index (χ0v) is 15.4. The lowest BCUT2D eigenvalue weighted by Crippen LogP contribution is -2.44. The number of aliphatic imine (C=N–C) groups is 1. The van der Waals surface area contributed by atoms with Gasteiger partial charge in [0, 0.05) is 43.3 Å². The van der Waals surface area contributed by atoms with E-state index < -0.39 is 0 Å². The number of ether oxygens (including phenoxy) is 1. The number of hydrogen-bond donors (Lipinski definition) is 3. The van der Waals surface area contributed by atoms with E-state index in [1.54, 1.807) is 0 Å². The summed E-state index contributed by atoms with van der Waals surface area (Å²) in [7, 11) is 0. The van der Waals surface area contributed by atoms with E-state index >= 15 is 0 Å². The van der Waals surface area contributed by atoms with Crippen molar-refractivity contribution >= 4 is 16.9 Å². The number of aromatic nitrogens is 1. The summed E-state index contributed by atoms with van der Waals surface area (Å²) in [5, 5.41) is 17.3. The number of aliphatic hydroxyl groups is 1. The number of benzene rings is 1. The molecule has 3 N–H and O–H groups in total. The van der Waals surface area contributed by atoms with Gasteiger partial charge in [-0.05, 0) is 37.5 Å². The van der Waals surface area contributed by atoms with Crippen LogP contribution in [0.4, 0.5) is 0 Å². The van der Waals surface area contributed by atoms with Crippen LogP contribution < -0.4 is 10.6 Å². The van der Waals surface area contributed by atoms with Gasteiger partial charge in [-0.25, -0.2) is 4.99 Å². The van der Waals surface area contributed by atoms with Crippen molar-refractivity contribution in [2.45, 2.75) is 26.3 Å². The summed E-state index contributed by atoms with van der Waals surface area (Å²) in [6.45, 7) is 5.82. The van der Waals surface area contributed by atoms with Crippen molar-refractivity contribution in [3.8, 4) is 0 Å². The van der Waals surface area contributed by atoms with Gasteiger partial charge >= 0.3 is 0 Å². The number of aliphatic hydroxyl groups excluding tert-OH is 1. The van der Waals surface area contributed by atoms with Crippen molar-refractivity contribution in [1.29, 1.82) is 0 Å². The van der Waals surface area contributed by atoms with Gasteiger partial charge in [0.2, 0.25) is 0 Å². The van der Waals surface area contributed by atoms with Gasteiger partial charge in [0.1, 0.15) is 0 Å².